The Morgan fingerprint density at radius 1 is 0.614 bits per heavy atom. The minimum atomic E-state index is -0.965. The maximum atomic E-state index is 15.1. The monoisotopic (exact) mass is 1130 g/mol. The van der Waals surface area contributed by atoms with Gasteiger partial charge in [0.25, 0.3) is 11.8 Å². The van der Waals surface area contributed by atoms with E-state index in [1.807, 2.05) is 60.7 Å². The van der Waals surface area contributed by atoms with Gasteiger partial charge in [0.2, 0.25) is 5.91 Å². The van der Waals surface area contributed by atoms with Crippen LogP contribution in [-0.2, 0) is 24.2 Å². The lowest BCUT2D eigenvalue weighted by atomic mass is 9.79. The van der Waals surface area contributed by atoms with Crippen LogP contribution in [-0.4, -0.2) is 53.3 Å². The predicted molar refractivity (Wildman–Crippen MR) is 315 cm³/mol. The summed E-state index contributed by atoms with van der Waals surface area (Å²) in [7, 11) is 0. The Bertz CT molecular complexity index is 3600. The lowest BCUT2D eigenvalue weighted by Gasteiger charge is -2.32. The molecule has 83 heavy (non-hydrogen) atoms. The van der Waals surface area contributed by atoms with Gasteiger partial charge in [-0.2, -0.15) is 15.5 Å². The van der Waals surface area contributed by atoms with Gasteiger partial charge in [-0.25, -0.2) is 18.1 Å². The molecule has 2 saturated carbocycles. The second kappa shape index (κ2) is 27.8. The SMILES string of the molecule is Cc1cc(C(=O)Nc2cc(C(N)(CCC3CC3)c3ccc(C#N)cc3)ccc2F)n(-c2cccc(CN)c2)n1.Cc1cc(C(=O)Nc2cc(C(N)(CCC3CC3)c3ccc(C(N)=O)cc3)ccc2F)n(-c2cccc(CN)c2)n1.N.O.OO. The number of aryl methyl sites for hydroxylation is 2. The third-order valence-electron chi connectivity index (χ3n) is 14.9. The van der Waals surface area contributed by atoms with Crippen LogP contribution in [0, 0.1) is 48.6 Å². The molecule has 8 aromatic rings. The standard InChI is InChI=1S/C31H33FN6O2.C31H31FN6O.H3N.H2O2.H2O/c1-19-15-28(38(37-19)25-4-2-3-21(16-25)18-33)30(40)36-27-17-24(11-12-26(27)32)31(35,14-13-20-5-6-20)23-9-7-22(8-10-23)29(34)39;1-20-15-29(38(37-20)26-4-2-3-23(16-26)19-34)30(39)36-28-17-25(11-12-27(28)32)31(35,14-13-21-5-6-21)24-9-7-22(18-33)8-10-24;;1-2;/h2-4,7-12,15-17,20H,5-6,13-14,18,33,35H2,1H3,(H2,34,39)(H,36,40);2-4,7-12,15-17,21H,5-6,13-14,19,34-35H2,1H3,(H,36,39);1H3;1-2H;1H2. The molecule has 0 spiro atoms. The molecular formula is C62H71F2N13O6. The number of benzene rings is 6. The highest BCUT2D eigenvalue weighted by Gasteiger charge is 2.35. The van der Waals surface area contributed by atoms with Crippen molar-refractivity contribution in [3.05, 3.63) is 225 Å². The second-order valence-electron chi connectivity index (χ2n) is 20.7. The number of primary amides is 1. The van der Waals surface area contributed by atoms with Crippen molar-refractivity contribution < 1.29 is 39.2 Å². The van der Waals surface area contributed by atoms with Crippen molar-refractivity contribution in [3.63, 3.8) is 0 Å². The largest absolute Gasteiger partial charge is 0.412 e. The molecule has 2 aliphatic rings. The highest BCUT2D eigenvalue weighted by Crippen LogP contribution is 2.42. The quantitative estimate of drug-likeness (QED) is 0.0267. The molecule has 2 atom stereocenters. The summed E-state index contributed by atoms with van der Waals surface area (Å²) in [5.74, 6) is -1.42. The molecule has 21 heteroatoms. The van der Waals surface area contributed by atoms with Crippen LogP contribution in [0.1, 0.15) is 133 Å². The first kappa shape index (κ1) is 63.4. The number of carbonyl (C=O) groups is 3. The molecule has 10 rings (SSSR count). The first-order valence-corrected chi connectivity index (χ1v) is 26.6. The summed E-state index contributed by atoms with van der Waals surface area (Å²) >= 11 is 0. The molecule has 0 saturated heterocycles. The predicted octanol–water partition coefficient (Wildman–Crippen LogP) is 9.17. The Labute approximate surface area is 479 Å². The molecule has 2 unspecified atom stereocenters. The third kappa shape index (κ3) is 15.0. The Kier molecular flexibility index (Phi) is 21.2. The average molecular weight is 1130 g/mol. The molecule has 2 fully saturated rings. The average Bonchev–Trinajstić information content (AvgIpc) is 4.56. The Morgan fingerprint density at radius 3 is 1.36 bits per heavy atom. The number of anilines is 2. The number of halogens is 2. The molecule has 3 amide bonds. The van der Waals surface area contributed by atoms with Crippen LogP contribution in [0.2, 0.25) is 0 Å². The first-order valence-electron chi connectivity index (χ1n) is 26.6. The minimum absolute atomic E-state index is 0. The van der Waals surface area contributed by atoms with E-state index in [4.69, 9.17) is 39.2 Å². The van der Waals surface area contributed by atoms with E-state index in [9.17, 15) is 19.6 Å². The topological polar surface area (TPSA) is 372 Å². The van der Waals surface area contributed by atoms with E-state index in [1.54, 1.807) is 86.6 Å². The highest BCUT2D eigenvalue weighted by molar-refractivity contribution is 6.04. The van der Waals surface area contributed by atoms with Crippen molar-refractivity contribution >= 4 is 29.1 Å². The summed E-state index contributed by atoms with van der Waals surface area (Å²) in [4.78, 5) is 38.5. The zero-order chi connectivity index (χ0) is 58.0. The van der Waals surface area contributed by atoms with Gasteiger partial charge in [0.05, 0.1) is 56.8 Å². The maximum absolute atomic E-state index is 15.1. The van der Waals surface area contributed by atoms with E-state index < -0.39 is 40.4 Å². The number of hydrogen-bond donors (Lipinski definition) is 10. The summed E-state index contributed by atoms with van der Waals surface area (Å²) in [5.41, 5.74) is 38.1. The van der Waals surface area contributed by atoms with Gasteiger partial charge >= 0.3 is 0 Å². The number of aromatic nitrogens is 4. The van der Waals surface area contributed by atoms with Crippen molar-refractivity contribution in [3.8, 4) is 17.4 Å². The van der Waals surface area contributed by atoms with Gasteiger partial charge < -0.3 is 50.9 Å². The summed E-state index contributed by atoms with van der Waals surface area (Å²) in [5, 5.41) is 35.6. The fraction of sp³-hybridized carbons (Fsp3) is 0.258. The molecular weight excluding hydrogens is 1060 g/mol. The maximum Gasteiger partial charge on any atom is 0.274 e. The van der Waals surface area contributed by atoms with E-state index in [1.165, 1.54) is 47.2 Å². The summed E-state index contributed by atoms with van der Waals surface area (Å²) < 4.78 is 33.2. The lowest BCUT2D eigenvalue weighted by Crippen LogP contribution is -2.38. The number of carbonyl (C=O) groups excluding carboxylic acids is 3. The van der Waals surface area contributed by atoms with Crippen LogP contribution in [0.15, 0.2) is 146 Å². The first-order chi connectivity index (χ1) is 39.0. The Morgan fingerprint density at radius 2 is 1.00 bits per heavy atom. The molecule has 2 aliphatic carbocycles. The lowest BCUT2D eigenvalue weighted by molar-refractivity contribution is -0.176. The van der Waals surface area contributed by atoms with Gasteiger partial charge in [-0.3, -0.25) is 24.9 Å². The smallest absolute Gasteiger partial charge is 0.274 e. The van der Waals surface area contributed by atoms with Crippen molar-refractivity contribution in [2.24, 2.45) is 40.5 Å². The number of rotatable bonds is 19. The van der Waals surface area contributed by atoms with Gasteiger partial charge in [0.1, 0.15) is 23.0 Å². The van der Waals surface area contributed by atoms with E-state index >= 15 is 8.78 Å². The Hall–Kier alpha value is -8.82. The summed E-state index contributed by atoms with van der Waals surface area (Å²) in [6, 6.07) is 43.5. The normalized spacial score (nSPS) is 13.8. The van der Waals surface area contributed by atoms with Crippen LogP contribution >= 0.6 is 0 Å². The van der Waals surface area contributed by atoms with Crippen LogP contribution in [0.25, 0.3) is 11.4 Å². The van der Waals surface area contributed by atoms with Gasteiger partial charge in [0.15, 0.2) is 0 Å². The van der Waals surface area contributed by atoms with E-state index in [0.29, 0.717) is 82.8 Å². The van der Waals surface area contributed by atoms with E-state index in [2.05, 4.69) is 26.9 Å². The highest BCUT2D eigenvalue weighted by atomic mass is 19.1. The zero-order valence-corrected chi connectivity index (χ0v) is 46.3. The van der Waals surface area contributed by atoms with Gasteiger partial charge in [-0.1, -0.05) is 86.3 Å². The van der Waals surface area contributed by atoms with Gasteiger partial charge in [-0.05, 0) is 170 Å². The third-order valence-corrected chi connectivity index (χ3v) is 14.9. The van der Waals surface area contributed by atoms with Gasteiger partial charge in [-0.15, -0.1) is 0 Å². The number of hydrogen-bond acceptors (Lipinski definition) is 13. The molecule has 2 aromatic heterocycles. The fourth-order valence-corrected chi connectivity index (χ4v) is 9.88. The second-order valence-corrected chi connectivity index (χ2v) is 20.7. The van der Waals surface area contributed by atoms with E-state index in [0.717, 1.165) is 35.1 Å². The molecule has 19 nitrogen and oxygen atoms in total. The van der Waals surface area contributed by atoms with Crippen LogP contribution < -0.4 is 45.5 Å². The van der Waals surface area contributed by atoms with Crippen molar-refractivity contribution in [1.29, 1.82) is 5.26 Å². The number of nitrogens with one attached hydrogen (secondary N) is 2. The van der Waals surface area contributed by atoms with Crippen molar-refractivity contribution in [2.45, 2.75) is 89.4 Å². The molecule has 2 heterocycles. The molecule has 0 bridgehead atoms. The molecule has 19 N–H and O–H groups in total. The number of nitrogens with two attached hydrogens (primary N) is 5. The number of nitriles is 1. The van der Waals surface area contributed by atoms with Crippen LogP contribution in [0.5, 0.6) is 0 Å². The molecule has 434 valence electrons. The number of nitrogens with zero attached hydrogens (tertiary/aromatic N) is 5. The van der Waals surface area contributed by atoms with E-state index in [-0.39, 0.29) is 34.4 Å². The molecule has 0 radical (unpaired) electrons. The number of amides is 3. The summed E-state index contributed by atoms with van der Waals surface area (Å²) in [6.07, 6.45) is 7.85. The van der Waals surface area contributed by atoms with Crippen LogP contribution in [0.3, 0.4) is 0 Å². The Balaban J connectivity index is 0.000000253. The van der Waals surface area contributed by atoms with Crippen molar-refractivity contribution in [1.82, 2.24) is 25.7 Å². The fourth-order valence-electron chi connectivity index (χ4n) is 9.88. The summed E-state index contributed by atoms with van der Waals surface area (Å²) in [6.45, 7) is 4.28. The molecule has 6 aromatic carbocycles. The van der Waals surface area contributed by atoms with Crippen LogP contribution in [0.4, 0.5) is 20.2 Å². The van der Waals surface area contributed by atoms with Gasteiger partial charge in [0, 0.05) is 18.7 Å². The van der Waals surface area contributed by atoms with Crippen molar-refractivity contribution in [2.75, 3.05) is 10.6 Å². The molecule has 0 aliphatic heterocycles. The minimum Gasteiger partial charge on any atom is -0.412 e. The zero-order valence-electron chi connectivity index (χ0n) is 46.3.